The van der Waals surface area contributed by atoms with Gasteiger partial charge >= 0.3 is 0 Å². The standard InChI is InChI=1S/C34H29ClFN3O7/c1-45-25-13-20(40)14-26(46-2)28(25)29-21-11-12-22-27(31(42)37-30(22)41)23(21)15-24-32(43)39(38-19-9-7-18(36)8-10-19)33(44)34(24,29)16-3-5-17(35)6-4-16/h3-11,13-14,22-24,27,29,38,40H,12,15H2,1-2H3,(H,37,41,42)/t22-,23+,24-,27-,29+,34+/m0/s1. The maximum absolute atomic E-state index is 15.1. The molecule has 6 atom stereocenters. The van der Waals surface area contributed by atoms with Crippen molar-refractivity contribution in [2.24, 2.45) is 23.7 Å². The summed E-state index contributed by atoms with van der Waals surface area (Å²) in [6, 6.07) is 14.7. The Morgan fingerprint density at radius 3 is 2.24 bits per heavy atom. The summed E-state index contributed by atoms with van der Waals surface area (Å²) < 4.78 is 25.3. The Labute approximate surface area is 268 Å². The number of rotatable bonds is 6. The summed E-state index contributed by atoms with van der Waals surface area (Å²) in [7, 11) is 2.84. The SMILES string of the molecule is COc1cc(O)cc(OC)c1[C@H]1C2=CC[C@@H]3C(=O)NC(=O)[C@@H]3[C@@H]2C[C@H]2C(=O)N(Nc3ccc(F)cc3)C(=O)[C@@]12c1ccc(Cl)cc1. The molecule has 7 rings (SSSR count). The third kappa shape index (κ3) is 4.21. The van der Waals surface area contributed by atoms with Gasteiger partial charge in [-0.3, -0.25) is 29.9 Å². The number of benzene rings is 3. The molecule has 3 fully saturated rings. The van der Waals surface area contributed by atoms with Crippen LogP contribution >= 0.6 is 11.6 Å². The molecule has 1 saturated carbocycles. The van der Waals surface area contributed by atoms with Gasteiger partial charge in [-0.25, -0.2) is 4.39 Å². The minimum atomic E-state index is -1.62. The molecule has 3 N–H and O–H groups in total. The molecule has 12 heteroatoms. The van der Waals surface area contributed by atoms with Gasteiger partial charge in [0.2, 0.25) is 11.8 Å². The lowest BCUT2D eigenvalue weighted by Gasteiger charge is -2.51. The van der Waals surface area contributed by atoms with Gasteiger partial charge in [-0.1, -0.05) is 35.4 Å². The minimum absolute atomic E-state index is 0.0850. The van der Waals surface area contributed by atoms with Crippen molar-refractivity contribution in [2.75, 3.05) is 19.6 Å². The van der Waals surface area contributed by atoms with Crippen molar-refractivity contribution in [1.82, 2.24) is 10.3 Å². The Hall–Kier alpha value is -4.90. The van der Waals surface area contributed by atoms with Crippen molar-refractivity contribution in [3.05, 3.63) is 94.3 Å². The number of hydrogen-bond donors (Lipinski definition) is 3. The highest BCUT2D eigenvalue weighted by Gasteiger charge is 2.70. The Morgan fingerprint density at radius 1 is 0.957 bits per heavy atom. The maximum atomic E-state index is 15.1. The molecule has 2 aliphatic heterocycles. The van der Waals surface area contributed by atoms with Crippen molar-refractivity contribution < 1.29 is 38.1 Å². The molecule has 0 radical (unpaired) electrons. The number of ether oxygens (including phenoxy) is 2. The van der Waals surface area contributed by atoms with Gasteiger partial charge < -0.3 is 14.6 Å². The van der Waals surface area contributed by atoms with Crippen LogP contribution in [0.15, 0.2) is 72.3 Å². The fraction of sp³-hybridized carbons (Fsp3) is 0.294. The first kappa shape index (κ1) is 29.8. The second kappa shape index (κ2) is 10.9. The van der Waals surface area contributed by atoms with Crippen LogP contribution in [-0.2, 0) is 24.6 Å². The number of fused-ring (bicyclic) bond motifs is 4. The number of hydrazine groups is 1. The van der Waals surface area contributed by atoms with E-state index in [1.807, 2.05) is 6.08 Å². The number of hydrogen-bond acceptors (Lipinski definition) is 8. The van der Waals surface area contributed by atoms with Crippen molar-refractivity contribution in [2.45, 2.75) is 24.2 Å². The van der Waals surface area contributed by atoms with Crippen LogP contribution in [0.25, 0.3) is 0 Å². The second-order valence-corrected chi connectivity index (χ2v) is 12.4. The van der Waals surface area contributed by atoms with Gasteiger partial charge in [0.15, 0.2) is 0 Å². The van der Waals surface area contributed by atoms with E-state index in [1.54, 1.807) is 24.3 Å². The zero-order valence-corrected chi connectivity index (χ0v) is 25.5. The maximum Gasteiger partial charge on any atom is 0.260 e. The van der Waals surface area contributed by atoms with Crippen LogP contribution in [0.1, 0.15) is 29.9 Å². The normalized spacial score (nSPS) is 28.2. The van der Waals surface area contributed by atoms with Gasteiger partial charge in [-0.05, 0) is 60.7 Å². The van der Waals surface area contributed by atoms with E-state index in [1.165, 1.54) is 50.6 Å². The lowest BCUT2D eigenvalue weighted by atomic mass is 9.49. The van der Waals surface area contributed by atoms with Crippen LogP contribution in [-0.4, -0.2) is 48.0 Å². The molecule has 3 aromatic rings. The molecule has 0 spiro atoms. The van der Waals surface area contributed by atoms with Crippen molar-refractivity contribution >= 4 is 40.9 Å². The first-order valence-corrected chi connectivity index (χ1v) is 15.1. The molecular weight excluding hydrogens is 617 g/mol. The number of phenols is 1. The summed E-state index contributed by atoms with van der Waals surface area (Å²) in [5.74, 6) is -6.13. The number of imide groups is 2. The zero-order chi connectivity index (χ0) is 32.5. The average molecular weight is 646 g/mol. The summed E-state index contributed by atoms with van der Waals surface area (Å²) in [5, 5.41) is 14.4. The van der Waals surface area contributed by atoms with Crippen molar-refractivity contribution in [3.8, 4) is 17.2 Å². The molecule has 2 heterocycles. The largest absolute Gasteiger partial charge is 0.508 e. The smallest absolute Gasteiger partial charge is 0.260 e. The van der Waals surface area contributed by atoms with Gasteiger partial charge in [-0.2, -0.15) is 5.01 Å². The van der Waals surface area contributed by atoms with Crippen LogP contribution in [0, 0.1) is 29.5 Å². The molecule has 46 heavy (non-hydrogen) atoms. The van der Waals surface area contributed by atoms with E-state index < -0.39 is 58.5 Å². The van der Waals surface area contributed by atoms with Crippen LogP contribution in [0.2, 0.25) is 5.02 Å². The number of nitrogens with one attached hydrogen (secondary N) is 2. The number of carbonyl (C=O) groups excluding carboxylic acids is 4. The molecule has 4 aliphatic rings. The fourth-order valence-corrected chi connectivity index (χ4v) is 8.22. The van der Waals surface area contributed by atoms with Crippen LogP contribution in [0.3, 0.4) is 0 Å². The quantitative estimate of drug-likeness (QED) is 0.264. The molecule has 0 bridgehead atoms. The van der Waals surface area contributed by atoms with Crippen LogP contribution in [0.4, 0.5) is 10.1 Å². The number of halogens is 2. The first-order chi connectivity index (χ1) is 22.1. The van der Waals surface area contributed by atoms with E-state index >= 15 is 4.79 Å². The van der Waals surface area contributed by atoms with E-state index in [0.717, 1.165) is 5.01 Å². The first-order valence-electron chi connectivity index (χ1n) is 14.8. The summed E-state index contributed by atoms with van der Waals surface area (Å²) >= 11 is 6.31. The minimum Gasteiger partial charge on any atom is -0.508 e. The number of allylic oxidation sites excluding steroid dienone is 2. The highest BCUT2D eigenvalue weighted by molar-refractivity contribution is 6.30. The number of anilines is 1. The Bertz CT molecular complexity index is 1800. The molecule has 3 aromatic carbocycles. The lowest BCUT2D eigenvalue weighted by molar-refractivity contribution is -0.138. The third-order valence-electron chi connectivity index (χ3n) is 9.92. The number of nitrogens with zero attached hydrogens (tertiary/aromatic N) is 1. The summed E-state index contributed by atoms with van der Waals surface area (Å²) in [4.78, 5) is 55.8. The Balaban J connectivity index is 1.53. The Kier molecular flexibility index (Phi) is 7.04. The molecule has 10 nitrogen and oxygen atoms in total. The average Bonchev–Trinajstić information content (AvgIpc) is 3.46. The molecule has 236 valence electrons. The fourth-order valence-electron chi connectivity index (χ4n) is 8.09. The molecular formula is C34H29ClFN3O7. The second-order valence-electron chi connectivity index (χ2n) is 12.0. The number of aromatic hydroxyl groups is 1. The molecule has 2 saturated heterocycles. The predicted molar refractivity (Wildman–Crippen MR) is 163 cm³/mol. The molecule has 0 aromatic heterocycles. The van der Waals surface area contributed by atoms with E-state index in [9.17, 15) is 23.9 Å². The van der Waals surface area contributed by atoms with Gasteiger partial charge in [0, 0.05) is 28.6 Å². The summed E-state index contributed by atoms with van der Waals surface area (Å²) in [6.45, 7) is 0. The van der Waals surface area contributed by atoms with Gasteiger partial charge in [0.25, 0.3) is 11.8 Å². The predicted octanol–water partition coefficient (Wildman–Crippen LogP) is 4.47. The topological polar surface area (TPSA) is 134 Å². The number of phenolic OH excluding ortho intramolecular Hbond substituents is 1. The highest BCUT2D eigenvalue weighted by atomic mass is 35.5. The molecule has 0 unspecified atom stereocenters. The van der Waals surface area contributed by atoms with Crippen LogP contribution < -0.4 is 20.2 Å². The van der Waals surface area contributed by atoms with E-state index in [0.29, 0.717) is 27.4 Å². The highest BCUT2D eigenvalue weighted by Crippen LogP contribution is 2.65. The number of amides is 4. The van der Waals surface area contributed by atoms with Crippen molar-refractivity contribution in [3.63, 3.8) is 0 Å². The van der Waals surface area contributed by atoms with E-state index in [-0.39, 0.29) is 36.0 Å². The van der Waals surface area contributed by atoms with Gasteiger partial charge in [0.1, 0.15) is 23.1 Å². The van der Waals surface area contributed by atoms with Crippen molar-refractivity contribution in [1.29, 1.82) is 0 Å². The van der Waals surface area contributed by atoms with E-state index in [2.05, 4.69) is 10.7 Å². The summed E-state index contributed by atoms with van der Waals surface area (Å²) in [5.41, 5.74) is 3.15. The molecule has 4 amide bonds. The van der Waals surface area contributed by atoms with Gasteiger partial charge in [0.05, 0.1) is 43.1 Å². The number of carbonyl (C=O) groups is 4. The lowest BCUT2D eigenvalue weighted by Crippen LogP contribution is -2.53. The third-order valence-corrected chi connectivity index (χ3v) is 10.2. The zero-order valence-electron chi connectivity index (χ0n) is 24.8. The van der Waals surface area contributed by atoms with Gasteiger partial charge in [-0.15, -0.1) is 0 Å². The van der Waals surface area contributed by atoms with Crippen LogP contribution in [0.5, 0.6) is 17.2 Å². The number of methoxy groups -OCH3 is 2. The summed E-state index contributed by atoms with van der Waals surface area (Å²) in [6.07, 6.45) is 2.22. The Morgan fingerprint density at radius 2 is 1.61 bits per heavy atom. The monoisotopic (exact) mass is 645 g/mol. The van der Waals surface area contributed by atoms with E-state index in [4.69, 9.17) is 21.1 Å². The molecule has 2 aliphatic carbocycles.